The molecule has 0 amide bonds. The zero-order valence-corrected chi connectivity index (χ0v) is 7.81. The highest BCUT2D eigenvalue weighted by atomic mass is 35.5. The maximum atomic E-state index is 6.03. The van der Waals surface area contributed by atoms with E-state index in [1.54, 1.807) is 0 Å². The van der Waals surface area contributed by atoms with Crippen molar-refractivity contribution in [2.75, 3.05) is 6.54 Å². The number of rotatable bonds is 2. The van der Waals surface area contributed by atoms with Crippen LogP contribution in [0.3, 0.4) is 0 Å². The van der Waals surface area contributed by atoms with Crippen molar-refractivity contribution in [1.82, 2.24) is 0 Å². The molecular weight excluding hydrogens is 172 g/mol. The fraction of sp³-hybridized carbons (Fsp3) is 0.333. The van der Waals surface area contributed by atoms with Gasteiger partial charge in [-0.1, -0.05) is 29.8 Å². The molecule has 0 saturated carbocycles. The summed E-state index contributed by atoms with van der Waals surface area (Å²) in [7, 11) is 0. The van der Waals surface area contributed by atoms with Crippen molar-refractivity contribution < 1.29 is 0 Å². The second-order valence-corrected chi connectivity index (χ2v) is 3.20. The molecule has 0 radical (unpaired) electrons. The van der Waals surface area contributed by atoms with E-state index in [0.29, 0.717) is 6.54 Å². The van der Waals surface area contributed by atoms with Crippen molar-refractivity contribution in [2.45, 2.75) is 13.0 Å². The third kappa shape index (κ3) is 1.78. The zero-order chi connectivity index (χ0) is 9.14. The molecule has 0 aliphatic rings. The van der Waals surface area contributed by atoms with Crippen molar-refractivity contribution in [3.63, 3.8) is 0 Å². The van der Waals surface area contributed by atoms with Gasteiger partial charge in [0.15, 0.2) is 0 Å². The average Bonchev–Trinajstić information content (AvgIpc) is 2.08. The van der Waals surface area contributed by atoms with Gasteiger partial charge in [0.1, 0.15) is 0 Å². The lowest BCUT2D eigenvalue weighted by atomic mass is 10.1. The maximum Gasteiger partial charge on any atom is 0.0483 e. The van der Waals surface area contributed by atoms with Gasteiger partial charge < -0.3 is 11.5 Å². The van der Waals surface area contributed by atoms with E-state index < -0.39 is 0 Å². The molecule has 0 saturated heterocycles. The third-order valence-corrected chi connectivity index (χ3v) is 2.39. The Labute approximate surface area is 77.5 Å². The summed E-state index contributed by atoms with van der Waals surface area (Å²) in [6.07, 6.45) is 0. The van der Waals surface area contributed by atoms with E-state index >= 15 is 0 Å². The number of benzene rings is 1. The van der Waals surface area contributed by atoms with Crippen LogP contribution in [0.15, 0.2) is 18.2 Å². The van der Waals surface area contributed by atoms with E-state index in [9.17, 15) is 0 Å². The van der Waals surface area contributed by atoms with Crippen molar-refractivity contribution in [1.29, 1.82) is 0 Å². The van der Waals surface area contributed by atoms with E-state index in [4.69, 9.17) is 23.1 Å². The van der Waals surface area contributed by atoms with Gasteiger partial charge >= 0.3 is 0 Å². The van der Waals surface area contributed by atoms with Crippen molar-refractivity contribution in [2.24, 2.45) is 11.5 Å². The highest BCUT2D eigenvalue weighted by Crippen LogP contribution is 2.24. The van der Waals surface area contributed by atoms with E-state index in [0.717, 1.165) is 16.1 Å². The average molecular weight is 185 g/mol. The number of hydrogen-bond donors (Lipinski definition) is 2. The van der Waals surface area contributed by atoms with Crippen LogP contribution in [0.25, 0.3) is 0 Å². The minimum absolute atomic E-state index is 0.155. The molecule has 0 fully saturated rings. The van der Waals surface area contributed by atoms with Gasteiger partial charge in [-0.05, 0) is 18.1 Å². The van der Waals surface area contributed by atoms with Crippen molar-refractivity contribution in [3.8, 4) is 0 Å². The normalized spacial score (nSPS) is 13.0. The molecule has 1 aromatic rings. The summed E-state index contributed by atoms with van der Waals surface area (Å²) in [5.74, 6) is 0. The largest absolute Gasteiger partial charge is 0.329 e. The van der Waals surface area contributed by atoms with Crippen LogP contribution in [0.1, 0.15) is 17.2 Å². The first-order valence-electron chi connectivity index (χ1n) is 3.87. The van der Waals surface area contributed by atoms with Gasteiger partial charge in [0.05, 0.1) is 0 Å². The van der Waals surface area contributed by atoms with E-state index in [1.807, 2.05) is 25.1 Å². The Kier molecular flexibility index (Phi) is 3.09. The molecule has 2 nitrogen and oxygen atoms in total. The van der Waals surface area contributed by atoms with Crippen LogP contribution in [0.2, 0.25) is 5.02 Å². The summed E-state index contributed by atoms with van der Waals surface area (Å²) in [6, 6.07) is 5.64. The number of halogens is 1. The van der Waals surface area contributed by atoms with Gasteiger partial charge in [-0.25, -0.2) is 0 Å². The molecule has 12 heavy (non-hydrogen) atoms. The molecule has 1 aromatic carbocycles. The second-order valence-electron chi connectivity index (χ2n) is 2.82. The molecule has 1 rings (SSSR count). The van der Waals surface area contributed by atoms with Gasteiger partial charge in [0, 0.05) is 17.6 Å². The van der Waals surface area contributed by atoms with Crippen LogP contribution >= 0.6 is 11.6 Å². The highest BCUT2D eigenvalue weighted by Gasteiger charge is 2.08. The van der Waals surface area contributed by atoms with Gasteiger partial charge in [-0.3, -0.25) is 0 Å². The fourth-order valence-electron chi connectivity index (χ4n) is 1.08. The maximum absolute atomic E-state index is 6.03. The zero-order valence-electron chi connectivity index (χ0n) is 7.05. The standard InChI is InChI=1S/C9H13ClN2/c1-6-3-2-4-7(9(6)10)8(12)5-11/h2-4,8H,5,11-12H2,1H3/t8-/m1/s1. The summed E-state index contributed by atoms with van der Waals surface area (Å²) < 4.78 is 0. The van der Waals surface area contributed by atoms with E-state index in [-0.39, 0.29) is 6.04 Å². The summed E-state index contributed by atoms with van der Waals surface area (Å²) >= 11 is 6.03. The predicted molar refractivity (Wildman–Crippen MR) is 52.2 cm³/mol. The van der Waals surface area contributed by atoms with Crippen LogP contribution in [-0.4, -0.2) is 6.54 Å². The van der Waals surface area contributed by atoms with Gasteiger partial charge in [0.2, 0.25) is 0 Å². The highest BCUT2D eigenvalue weighted by molar-refractivity contribution is 6.32. The molecule has 0 bridgehead atoms. The first kappa shape index (κ1) is 9.52. The van der Waals surface area contributed by atoms with E-state index in [1.165, 1.54) is 0 Å². The SMILES string of the molecule is Cc1cccc([C@H](N)CN)c1Cl. The monoisotopic (exact) mass is 184 g/mol. The molecular formula is C9H13ClN2. The second kappa shape index (κ2) is 3.90. The summed E-state index contributed by atoms with van der Waals surface area (Å²) in [4.78, 5) is 0. The number of aryl methyl sites for hydroxylation is 1. The molecule has 0 spiro atoms. The fourth-order valence-corrected chi connectivity index (χ4v) is 1.35. The molecule has 0 heterocycles. The van der Waals surface area contributed by atoms with E-state index in [2.05, 4.69) is 0 Å². The van der Waals surface area contributed by atoms with Crippen molar-refractivity contribution in [3.05, 3.63) is 34.3 Å². The first-order chi connectivity index (χ1) is 5.66. The molecule has 1 atom stereocenters. The Hall–Kier alpha value is -0.570. The van der Waals surface area contributed by atoms with Gasteiger partial charge in [-0.2, -0.15) is 0 Å². The van der Waals surface area contributed by atoms with Crippen LogP contribution in [0.5, 0.6) is 0 Å². The Morgan fingerprint density at radius 2 is 2.17 bits per heavy atom. The quantitative estimate of drug-likeness (QED) is 0.734. The van der Waals surface area contributed by atoms with Crippen molar-refractivity contribution >= 4 is 11.6 Å². The van der Waals surface area contributed by atoms with Crippen LogP contribution in [0.4, 0.5) is 0 Å². The molecule has 0 aromatic heterocycles. The van der Waals surface area contributed by atoms with Gasteiger partial charge in [0.25, 0.3) is 0 Å². The molecule has 66 valence electrons. The lowest BCUT2D eigenvalue weighted by Gasteiger charge is -2.12. The third-order valence-electron chi connectivity index (χ3n) is 1.88. The summed E-state index contributed by atoms with van der Waals surface area (Å²) in [6.45, 7) is 2.37. The summed E-state index contributed by atoms with van der Waals surface area (Å²) in [5.41, 5.74) is 13.2. The number of nitrogens with two attached hydrogens (primary N) is 2. The summed E-state index contributed by atoms with van der Waals surface area (Å²) in [5, 5.41) is 0.732. The minimum atomic E-state index is -0.155. The van der Waals surface area contributed by atoms with Crippen LogP contribution in [-0.2, 0) is 0 Å². The molecule has 0 unspecified atom stereocenters. The van der Waals surface area contributed by atoms with Crippen LogP contribution in [0, 0.1) is 6.92 Å². The smallest absolute Gasteiger partial charge is 0.0483 e. The Bertz CT molecular complexity index is 273. The lowest BCUT2D eigenvalue weighted by Crippen LogP contribution is -2.21. The molecule has 0 aliphatic carbocycles. The lowest BCUT2D eigenvalue weighted by molar-refractivity contribution is 0.736. The minimum Gasteiger partial charge on any atom is -0.329 e. The Balaban J connectivity index is 3.07. The molecule has 0 aliphatic heterocycles. The first-order valence-corrected chi connectivity index (χ1v) is 4.25. The Morgan fingerprint density at radius 1 is 1.50 bits per heavy atom. The van der Waals surface area contributed by atoms with Crippen LogP contribution < -0.4 is 11.5 Å². The topological polar surface area (TPSA) is 52.0 Å². The number of hydrogen-bond acceptors (Lipinski definition) is 2. The molecule has 4 N–H and O–H groups in total. The predicted octanol–water partition coefficient (Wildman–Crippen LogP) is 1.61. The Morgan fingerprint density at radius 3 is 2.75 bits per heavy atom. The van der Waals surface area contributed by atoms with Gasteiger partial charge in [-0.15, -0.1) is 0 Å². The molecule has 3 heteroatoms.